The van der Waals surface area contributed by atoms with E-state index in [1.54, 1.807) is 4.40 Å². The van der Waals surface area contributed by atoms with Crippen LogP contribution in [0.15, 0.2) is 29.4 Å². The number of aryl methyl sites for hydroxylation is 1. The molecular weight excluding hydrogens is 428 g/mol. The van der Waals surface area contributed by atoms with Gasteiger partial charge in [0.15, 0.2) is 5.16 Å². The quantitative estimate of drug-likeness (QED) is 0.262. The molecule has 0 aliphatic rings. The summed E-state index contributed by atoms with van der Waals surface area (Å²) in [5.41, 5.74) is 1.21. The lowest BCUT2D eigenvalue weighted by atomic mass is 10.2. The molecule has 3 N–H and O–H groups in total. The van der Waals surface area contributed by atoms with Crippen LogP contribution in [0.3, 0.4) is 0 Å². The molecule has 0 aliphatic heterocycles. The minimum atomic E-state index is -0.0543. The monoisotopic (exact) mass is 458 g/mol. The number of nitrogens with one attached hydrogen (secondary N) is 3. The molecule has 32 heavy (non-hydrogen) atoms. The molecule has 1 aromatic carbocycles. The number of aromatic nitrogens is 5. The summed E-state index contributed by atoms with van der Waals surface area (Å²) >= 11 is 1.30. The number of carbonyl (C=O) groups excluding carboxylic acids is 1. The summed E-state index contributed by atoms with van der Waals surface area (Å²) in [4.78, 5) is 21.1. The molecular formula is C21H30N8O2S. The molecule has 3 rings (SSSR count). The van der Waals surface area contributed by atoms with E-state index in [4.69, 9.17) is 4.74 Å². The van der Waals surface area contributed by atoms with Gasteiger partial charge in [-0.3, -0.25) is 4.79 Å². The maximum absolute atomic E-state index is 12.2. The van der Waals surface area contributed by atoms with Gasteiger partial charge in [0, 0.05) is 19.6 Å². The summed E-state index contributed by atoms with van der Waals surface area (Å²) in [6.45, 7) is 8.63. The number of carbonyl (C=O) groups is 1. The van der Waals surface area contributed by atoms with E-state index in [1.165, 1.54) is 17.3 Å². The second kappa shape index (κ2) is 12.1. The first-order valence-corrected chi connectivity index (χ1v) is 11.8. The third-order valence-corrected chi connectivity index (χ3v) is 5.36. The average molecular weight is 459 g/mol. The smallest absolute Gasteiger partial charge is 0.261 e. The normalized spacial score (nSPS) is 10.8. The van der Waals surface area contributed by atoms with Gasteiger partial charge in [-0.1, -0.05) is 29.5 Å². The SMILES string of the molecule is CCNc1nc(NCC)n2c(SCC(=O)NCCCCOc3ccc(C)cc3)nnc2n1. The van der Waals surface area contributed by atoms with Crippen LogP contribution in [0.4, 0.5) is 11.9 Å². The molecule has 0 atom stereocenters. The summed E-state index contributed by atoms with van der Waals surface area (Å²) < 4.78 is 7.43. The number of hydrogen-bond acceptors (Lipinski definition) is 9. The van der Waals surface area contributed by atoms with Crippen LogP contribution in [0.1, 0.15) is 32.3 Å². The number of nitrogens with zero attached hydrogens (tertiary/aromatic N) is 5. The largest absolute Gasteiger partial charge is 0.494 e. The van der Waals surface area contributed by atoms with Crippen molar-refractivity contribution in [3.8, 4) is 5.75 Å². The molecule has 3 aromatic rings. The Morgan fingerprint density at radius 1 is 1.06 bits per heavy atom. The summed E-state index contributed by atoms with van der Waals surface area (Å²) in [5, 5.41) is 18.1. The number of benzene rings is 1. The number of thioether (sulfide) groups is 1. The van der Waals surface area contributed by atoms with E-state index in [0.29, 0.717) is 49.1 Å². The molecule has 0 spiro atoms. The summed E-state index contributed by atoms with van der Waals surface area (Å²) in [7, 11) is 0. The molecule has 11 heteroatoms. The van der Waals surface area contributed by atoms with Gasteiger partial charge in [-0.2, -0.15) is 9.97 Å². The lowest BCUT2D eigenvalue weighted by molar-refractivity contribution is -0.118. The molecule has 0 saturated carbocycles. The maximum atomic E-state index is 12.2. The highest BCUT2D eigenvalue weighted by Crippen LogP contribution is 2.20. The molecule has 1 amide bonds. The fraction of sp³-hybridized carbons (Fsp3) is 0.476. The average Bonchev–Trinajstić information content (AvgIpc) is 3.19. The lowest BCUT2D eigenvalue weighted by Gasteiger charge is -2.10. The van der Waals surface area contributed by atoms with Crippen molar-refractivity contribution in [2.45, 2.75) is 38.8 Å². The Balaban J connectivity index is 1.42. The third kappa shape index (κ3) is 6.71. The summed E-state index contributed by atoms with van der Waals surface area (Å²) in [5.74, 6) is 2.57. The van der Waals surface area contributed by atoms with Crippen LogP contribution in [0.5, 0.6) is 5.75 Å². The van der Waals surface area contributed by atoms with Crippen molar-refractivity contribution in [2.24, 2.45) is 0 Å². The zero-order chi connectivity index (χ0) is 22.8. The molecule has 10 nitrogen and oxygen atoms in total. The highest BCUT2D eigenvalue weighted by Gasteiger charge is 2.15. The zero-order valence-electron chi connectivity index (χ0n) is 18.7. The van der Waals surface area contributed by atoms with Crippen LogP contribution < -0.4 is 20.7 Å². The van der Waals surface area contributed by atoms with E-state index < -0.39 is 0 Å². The Bertz CT molecular complexity index is 1010. The van der Waals surface area contributed by atoms with Crippen molar-refractivity contribution in [3.05, 3.63) is 29.8 Å². The molecule has 2 aromatic heterocycles. The second-order valence-corrected chi connectivity index (χ2v) is 8.00. The number of hydrogen-bond donors (Lipinski definition) is 3. The van der Waals surface area contributed by atoms with Crippen LogP contribution in [0, 0.1) is 6.92 Å². The van der Waals surface area contributed by atoms with E-state index in [9.17, 15) is 4.79 Å². The first kappa shape index (κ1) is 23.6. The van der Waals surface area contributed by atoms with E-state index in [1.807, 2.05) is 45.0 Å². The molecule has 2 heterocycles. The number of unbranched alkanes of at least 4 members (excludes halogenated alkanes) is 1. The van der Waals surface area contributed by atoms with Crippen molar-refractivity contribution in [1.29, 1.82) is 0 Å². The highest BCUT2D eigenvalue weighted by atomic mass is 32.2. The van der Waals surface area contributed by atoms with Gasteiger partial charge in [0.25, 0.3) is 5.78 Å². The minimum Gasteiger partial charge on any atom is -0.494 e. The summed E-state index contributed by atoms with van der Waals surface area (Å²) in [6.07, 6.45) is 1.72. The van der Waals surface area contributed by atoms with Crippen LogP contribution in [-0.4, -0.2) is 62.5 Å². The van der Waals surface area contributed by atoms with Gasteiger partial charge >= 0.3 is 0 Å². The first-order chi connectivity index (χ1) is 15.6. The summed E-state index contributed by atoms with van der Waals surface area (Å²) in [6, 6.07) is 7.99. The topological polar surface area (TPSA) is 118 Å². The number of anilines is 2. The van der Waals surface area contributed by atoms with Crippen LogP contribution in [-0.2, 0) is 4.79 Å². The number of amides is 1. The van der Waals surface area contributed by atoms with Gasteiger partial charge in [0.2, 0.25) is 17.8 Å². The van der Waals surface area contributed by atoms with E-state index >= 15 is 0 Å². The number of ether oxygens (including phenoxy) is 1. The van der Waals surface area contributed by atoms with Crippen LogP contribution in [0.25, 0.3) is 5.78 Å². The van der Waals surface area contributed by atoms with E-state index in [2.05, 4.69) is 36.1 Å². The first-order valence-electron chi connectivity index (χ1n) is 10.8. The Morgan fingerprint density at radius 2 is 1.84 bits per heavy atom. The van der Waals surface area contributed by atoms with Gasteiger partial charge in [0.1, 0.15) is 5.75 Å². The van der Waals surface area contributed by atoms with Crippen molar-refractivity contribution in [1.82, 2.24) is 29.9 Å². The van der Waals surface area contributed by atoms with Crippen molar-refractivity contribution >= 4 is 35.3 Å². The molecule has 0 fully saturated rings. The van der Waals surface area contributed by atoms with E-state index in [-0.39, 0.29) is 11.7 Å². The van der Waals surface area contributed by atoms with Crippen molar-refractivity contribution < 1.29 is 9.53 Å². The number of fused-ring (bicyclic) bond motifs is 1. The third-order valence-electron chi connectivity index (χ3n) is 4.43. The van der Waals surface area contributed by atoms with Crippen LogP contribution >= 0.6 is 11.8 Å². The Kier molecular flexibility index (Phi) is 8.90. The number of rotatable bonds is 13. The lowest BCUT2D eigenvalue weighted by Crippen LogP contribution is -2.26. The standard InChI is InChI=1S/C21H30N8O2S/c1-4-22-18-25-19(23-5-2)29-20(26-18)27-28-21(29)32-14-17(30)24-12-6-7-13-31-16-10-8-15(3)9-11-16/h8-11H,4-7,12-14H2,1-3H3,(H,24,30)(H2,22,23,25,26,27). The predicted molar refractivity (Wildman–Crippen MR) is 127 cm³/mol. The molecule has 0 unspecified atom stereocenters. The molecule has 172 valence electrons. The fourth-order valence-electron chi connectivity index (χ4n) is 2.86. The van der Waals surface area contributed by atoms with Gasteiger partial charge in [-0.05, 0) is 45.7 Å². The van der Waals surface area contributed by atoms with Crippen molar-refractivity contribution in [2.75, 3.05) is 42.6 Å². The van der Waals surface area contributed by atoms with E-state index in [0.717, 1.165) is 18.6 Å². The van der Waals surface area contributed by atoms with Gasteiger partial charge in [0.05, 0.1) is 12.4 Å². The Hall–Kier alpha value is -3.08. The van der Waals surface area contributed by atoms with Gasteiger partial charge in [-0.15, -0.1) is 10.2 Å². The molecule has 0 radical (unpaired) electrons. The zero-order valence-corrected chi connectivity index (χ0v) is 19.5. The molecule has 0 aliphatic carbocycles. The minimum absolute atomic E-state index is 0.0543. The Labute approximate surface area is 192 Å². The van der Waals surface area contributed by atoms with Crippen LogP contribution in [0.2, 0.25) is 0 Å². The highest BCUT2D eigenvalue weighted by molar-refractivity contribution is 7.99. The van der Waals surface area contributed by atoms with Crippen molar-refractivity contribution in [3.63, 3.8) is 0 Å². The van der Waals surface area contributed by atoms with Gasteiger partial charge < -0.3 is 20.7 Å². The molecule has 0 bridgehead atoms. The second-order valence-electron chi connectivity index (χ2n) is 7.06. The maximum Gasteiger partial charge on any atom is 0.261 e. The fourth-order valence-corrected chi connectivity index (χ4v) is 3.62. The molecule has 0 saturated heterocycles. The van der Waals surface area contributed by atoms with Gasteiger partial charge in [-0.25, -0.2) is 4.40 Å². The Morgan fingerprint density at radius 3 is 2.59 bits per heavy atom. The predicted octanol–water partition coefficient (Wildman–Crippen LogP) is 2.76.